The van der Waals surface area contributed by atoms with E-state index in [0.29, 0.717) is 18.4 Å². The van der Waals surface area contributed by atoms with Crippen molar-refractivity contribution in [1.82, 2.24) is 10.2 Å². The van der Waals surface area contributed by atoms with Crippen molar-refractivity contribution in [3.05, 3.63) is 0 Å². The second kappa shape index (κ2) is 5.80. The molecule has 0 aromatic rings. The molecule has 0 radical (unpaired) electrons. The van der Waals surface area contributed by atoms with Gasteiger partial charge in [-0.25, -0.2) is 9.59 Å². The van der Waals surface area contributed by atoms with E-state index >= 15 is 0 Å². The Balaban J connectivity index is 2.62. The van der Waals surface area contributed by atoms with Crippen LogP contribution in [0.5, 0.6) is 0 Å². The predicted octanol–water partition coefficient (Wildman–Crippen LogP) is 2.17. The largest absolute Gasteiger partial charge is 0.480 e. The van der Waals surface area contributed by atoms with Crippen molar-refractivity contribution in [1.29, 1.82) is 0 Å². The smallest absolute Gasteiger partial charge is 0.326 e. The first kappa shape index (κ1) is 15.8. The molecule has 1 heterocycles. The average molecular weight is 270 g/mol. The Hall–Kier alpha value is -1.26. The zero-order chi connectivity index (χ0) is 14.8. The van der Waals surface area contributed by atoms with Crippen LogP contribution in [0.1, 0.15) is 41.0 Å². The lowest BCUT2D eigenvalue weighted by Crippen LogP contribution is -2.53. The molecule has 2 unspecified atom stereocenters. The summed E-state index contributed by atoms with van der Waals surface area (Å²) in [5.74, 6) is 0.0832. The van der Waals surface area contributed by atoms with Crippen LogP contribution in [0.2, 0.25) is 0 Å². The van der Waals surface area contributed by atoms with Crippen molar-refractivity contribution >= 4 is 12.0 Å². The van der Waals surface area contributed by atoms with Gasteiger partial charge in [-0.15, -0.1) is 0 Å². The third kappa shape index (κ3) is 4.11. The summed E-state index contributed by atoms with van der Waals surface area (Å²) in [6.45, 7) is 11.2. The molecule has 1 saturated heterocycles. The molecule has 2 atom stereocenters. The molecule has 0 aromatic carbocycles. The van der Waals surface area contributed by atoms with Crippen LogP contribution >= 0.6 is 0 Å². The van der Waals surface area contributed by atoms with E-state index in [2.05, 4.69) is 19.2 Å². The van der Waals surface area contributed by atoms with Gasteiger partial charge in [0.2, 0.25) is 0 Å². The van der Waals surface area contributed by atoms with E-state index < -0.39 is 17.4 Å². The molecule has 1 fully saturated rings. The summed E-state index contributed by atoms with van der Waals surface area (Å²) < 4.78 is 0. The van der Waals surface area contributed by atoms with E-state index in [1.165, 1.54) is 0 Å². The maximum Gasteiger partial charge on any atom is 0.326 e. The van der Waals surface area contributed by atoms with Crippen molar-refractivity contribution in [2.45, 2.75) is 47.1 Å². The summed E-state index contributed by atoms with van der Waals surface area (Å²) in [5, 5.41) is 11.9. The van der Waals surface area contributed by atoms with Crippen molar-refractivity contribution in [3.63, 3.8) is 0 Å². The van der Waals surface area contributed by atoms with Crippen LogP contribution in [-0.2, 0) is 4.79 Å². The Labute approximate surface area is 115 Å². The molecule has 0 saturated carbocycles. The molecule has 0 bridgehead atoms. The minimum atomic E-state index is -0.986. The molecule has 5 nitrogen and oxygen atoms in total. The highest BCUT2D eigenvalue weighted by Gasteiger charge is 2.35. The number of hydrogen-bond donors (Lipinski definition) is 2. The molecule has 2 amide bonds. The van der Waals surface area contributed by atoms with E-state index in [0.717, 1.165) is 13.0 Å². The summed E-state index contributed by atoms with van der Waals surface area (Å²) in [7, 11) is 0. The van der Waals surface area contributed by atoms with Gasteiger partial charge in [0, 0.05) is 13.1 Å². The SMILES string of the molecule is CC(C)C1CCN(C(=O)NC(C(=O)O)C(C)(C)C)C1. The number of amides is 2. The number of rotatable bonds is 3. The number of carboxylic acids is 1. The van der Waals surface area contributed by atoms with E-state index in [1.807, 2.05) is 20.8 Å². The number of carbonyl (C=O) groups is 2. The number of carboxylic acid groups (broad SMARTS) is 1. The van der Waals surface area contributed by atoms with Gasteiger partial charge in [0.05, 0.1) is 0 Å². The lowest BCUT2D eigenvalue weighted by Gasteiger charge is -2.29. The number of aliphatic carboxylic acids is 1. The van der Waals surface area contributed by atoms with Gasteiger partial charge in [-0.1, -0.05) is 34.6 Å². The summed E-state index contributed by atoms with van der Waals surface area (Å²) in [5.41, 5.74) is -0.501. The van der Waals surface area contributed by atoms with Gasteiger partial charge in [-0.3, -0.25) is 0 Å². The summed E-state index contributed by atoms with van der Waals surface area (Å²) in [6.07, 6.45) is 0.998. The van der Waals surface area contributed by atoms with Gasteiger partial charge >= 0.3 is 12.0 Å². The van der Waals surface area contributed by atoms with Crippen molar-refractivity contribution in [2.24, 2.45) is 17.3 Å². The van der Waals surface area contributed by atoms with Crippen LogP contribution in [0.4, 0.5) is 4.79 Å². The van der Waals surface area contributed by atoms with Gasteiger partial charge in [0.1, 0.15) is 6.04 Å². The highest BCUT2D eigenvalue weighted by Crippen LogP contribution is 2.24. The third-order valence-electron chi connectivity index (χ3n) is 3.84. The fourth-order valence-electron chi connectivity index (χ4n) is 2.38. The number of likely N-dealkylation sites (tertiary alicyclic amines) is 1. The van der Waals surface area contributed by atoms with E-state index in [4.69, 9.17) is 0 Å². The maximum absolute atomic E-state index is 12.1. The second-order valence-electron chi connectivity index (χ2n) is 6.83. The highest BCUT2D eigenvalue weighted by molar-refractivity contribution is 5.83. The predicted molar refractivity (Wildman–Crippen MR) is 73.9 cm³/mol. The topological polar surface area (TPSA) is 69.6 Å². The summed E-state index contributed by atoms with van der Waals surface area (Å²) in [4.78, 5) is 25.1. The molecule has 5 heteroatoms. The second-order valence-corrected chi connectivity index (χ2v) is 6.83. The van der Waals surface area contributed by atoms with Gasteiger partial charge in [0.25, 0.3) is 0 Å². The first-order chi connectivity index (χ1) is 8.62. The molecular weight excluding hydrogens is 244 g/mol. The first-order valence-electron chi connectivity index (χ1n) is 6.91. The first-order valence-corrected chi connectivity index (χ1v) is 6.91. The quantitative estimate of drug-likeness (QED) is 0.825. The summed E-state index contributed by atoms with van der Waals surface area (Å²) >= 11 is 0. The van der Waals surface area contributed by atoms with Crippen molar-refractivity contribution < 1.29 is 14.7 Å². The Kier molecular flexibility index (Phi) is 4.82. The Morgan fingerprint density at radius 1 is 1.32 bits per heavy atom. The van der Waals surface area contributed by atoms with Crippen LogP contribution < -0.4 is 5.32 Å². The van der Waals surface area contributed by atoms with Crippen LogP contribution in [0.3, 0.4) is 0 Å². The normalized spacial score (nSPS) is 21.6. The number of nitrogens with zero attached hydrogens (tertiary/aromatic N) is 1. The fourth-order valence-corrected chi connectivity index (χ4v) is 2.38. The van der Waals surface area contributed by atoms with Crippen molar-refractivity contribution in [2.75, 3.05) is 13.1 Å². The lowest BCUT2D eigenvalue weighted by molar-refractivity contribution is -0.142. The molecule has 2 N–H and O–H groups in total. The van der Waals surface area contributed by atoms with Gasteiger partial charge in [-0.05, 0) is 23.7 Å². The molecule has 1 rings (SSSR count). The standard InChI is InChI=1S/C14H26N2O3/c1-9(2)10-6-7-16(8-10)13(19)15-11(12(17)18)14(3,4)5/h9-11H,6-8H2,1-5H3,(H,15,19)(H,17,18). The molecular formula is C14H26N2O3. The summed E-state index contributed by atoms with van der Waals surface area (Å²) in [6, 6.07) is -1.12. The Bertz CT molecular complexity index is 347. The van der Waals surface area contributed by atoms with E-state index in [9.17, 15) is 14.7 Å². The Morgan fingerprint density at radius 3 is 2.26 bits per heavy atom. The molecule has 0 spiro atoms. The molecule has 1 aliphatic heterocycles. The minimum absolute atomic E-state index is 0.259. The van der Waals surface area contributed by atoms with Crippen molar-refractivity contribution in [3.8, 4) is 0 Å². The zero-order valence-electron chi connectivity index (χ0n) is 12.6. The molecule has 1 aliphatic rings. The highest BCUT2D eigenvalue weighted by atomic mass is 16.4. The monoisotopic (exact) mass is 270 g/mol. The maximum atomic E-state index is 12.1. The molecule has 19 heavy (non-hydrogen) atoms. The average Bonchev–Trinajstić information content (AvgIpc) is 2.72. The molecule has 110 valence electrons. The number of hydrogen-bond acceptors (Lipinski definition) is 2. The van der Waals surface area contributed by atoms with Crippen LogP contribution in [0.25, 0.3) is 0 Å². The van der Waals surface area contributed by atoms with Crippen LogP contribution in [0, 0.1) is 17.3 Å². The van der Waals surface area contributed by atoms with E-state index in [-0.39, 0.29) is 6.03 Å². The number of nitrogens with one attached hydrogen (secondary N) is 1. The minimum Gasteiger partial charge on any atom is -0.480 e. The fraction of sp³-hybridized carbons (Fsp3) is 0.857. The third-order valence-corrected chi connectivity index (χ3v) is 3.84. The molecule has 0 aromatic heterocycles. The Morgan fingerprint density at radius 2 is 1.89 bits per heavy atom. The van der Waals surface area contributed by atoms with Gasteiger partial charge in [0.15, 0.2) is 0 Å². The van der Waals surface area contributed by atoms with Gasteiger partial charge in [-0.2, -0.15) is 0 Å². The van der Waals surface area contributed by atoms with Crippen LogP contribution in [0.15, 0.2) is 0 Å². The number of carbonyl (C=O) groups excluding carboxylic acids is 1. The van der Waals surface area contributed by atoms with Gasteiger partial charge < -0.3 is 15.3 Å². The molecule has 0 aliphatic carbocycles. The van der Waals surface area contributed by atoms with E-state index in [1.54, 1.807) is 4.90 Å². The van der Waals surface area contributed by atoms with Crippen LogP contribution in [-0.4, -0.2) is 41.1 Å². The zero-order valence-corrected chi connectivity index (χ0v) is 12.6. The lowest BCUT2D eigenvalue weighted by atomic mass is 9.87. The number of urea groups is 1.